The van der Waals surface area contributed by atoms with Crippen LogP contribution in [-0.2, 0) is 5.41 Å². The van der Waals surface area contributed by atoms with E-state index in [9.17, 15) is 0 Å². The molecule has 0 unspecified atom stereocenters. The van der Waals surface area contributed by atoms with Crippen molar-refractivity contribution in [2.24, 2.45) is 0 Å². The van der Waals surface area contributed by atoms with Crippen LogP contribution in [0.15, 0.2) is 28.7 Å². The highest BCUT2D eigenvalue weighted by Crippen LogP contribution is 2.34. The van der Waals surface area contributed by atoms with Crippen molar-refractivity contribution >= 4 is 21.7 Å². The monoisotopic (exact) mass is 347 g/mol. The zero-order chi connectivity index (χ0) is 15.6. The lowest BCUT2D eigenvalue weighted by atomic mass is 9.91. The van der Waals surface area contributed by atoms with Crippen LogP contribution >= 0.6 is 15.9 Å². The van der Waals surface area contributed by atoms with Crippen molar-refractivity contribution in [3.05, 3.63) is 40.0 Å². The first-order chi connectivity index (χ1) is 9.82. The molecule has 0 aliphatic heterocycles. The number of aromatic nitrogens is 2. The predicted molar refractivity (Wildman–Crippen MR) is 92.8 cm³/mol. The Balaban J connectivity index is 2.64. The summed E-state index contributed by atoms with van der Waals surface area (Å²) in [5.41, 5.74) is 3.23. The lowest BCUT2D eigenvalue weighted by molar-refractivity contribution is 0.564. The standard InChI is InChI=1S/C17H22BrN3/c1-6-19-16-13(18)14(17(3,4)5)20-15(21-16)12-9-7-8-11(2)10-12/h7-10H,6H2,1-5H3,(H,19,20,21). The Kier molecular flexibility index (Phi) is 4.67. The maximum Gasteiger partial charge on any atom is 0.161 e. The average molecular weight is 348 g/mol. The molecule has 0 bridgehead atoms. The normalized spacial score (nSPS) is 11.5. The Hall–Kier alpha value is -1.42. The van der Waals surface area contributed by atoms with Gasteiger partial charge in [0.1, 0.15) is 5.82 Å². The van der Waals surface area contributed by atoms with Crippen LogP contribution in [0.5, 0.6) is 0 Å². The Labute approximate surface area is 135 Å². The Morgan fingerprint density at radius 1 is 1.19 bits per heavy atom. The number of hydrogen-bond donors (Lipinski definition) is 1. The van der Waals surface area contributed by atoms with Crippen LogP contribution in [0, 0.1) is 6.92 Å². The summed E-state index contributed by atoms with van der Waals surface area (Å²) in [6.45, 7) is 11.5. The van der Waals surface area contributed by atoms with E-state index in [-0.39, 0.29) is 5.41 Å². The van der Waals surface area contributed by atoms with E-state index in [1.54, 1.807) is 0 Å². The number of hydrogen-bond acceptors (Lipinski definition) is 3. The van der Waals surface area contributed by atoms with Gasteiger partial charge in [-0.15, -0.1) is 0 Å². The van der Waals surface area contributed by atoms with E-state index in [1.165, 1.54) is 5.56 Å². The van der Waals surface area contributed by atoms with Crippen molar-refractivity contribution in [3.8, 4) is 11.4 Å². The maximum absolute atomic E-state index is 4.80. The highest BCUT2D eigenvalue weighted by Gasteiger charge is 2.23. The van der Waals surface area contributed by atoms with E-state index >= 15 is 0 Å². The molecule has 0 spiro atoms. The van der Waals surface area contributed by atoms with Crippen LogP contribution in [0.2, 0.25) is 0 Å². The summed E-state index contributed by atoms with van der Waals surface area (Å²) in [4.78, 5) is 9.48. The molecule has 0 radical (unpaired) electrons. The number of halogens is 1. The predicted octanol–water partition coefficient (Wildman–Crippen LogP) is 4.94. The van der Waals surface area contributed by atoms with E-state index in [0.717, 1.165) is 33.9 Å². The van der Waals surface area contributed by atoms with Crippen LogP contribution in [-0.4, -0.2) is 16.5 Å². The molecule has 0 saturated heterocycles. The van der Waals surface area contributed by atoms with Crippen LogP contribution in [0.4, 0.5) is 5.82 Å². The SMILES string of the molecule is CCNc1nc(-c2cccc(C)c2)nc(C(C)(C)C)c1Br. The van der Waals surface area contributed by atoms with E-state index in [1.807, 2.05) is 6.07 Å². The molecule has 4 heteroatoms. The van der Waals surface area contributed by atoms with Gasteiger partial charge >= 0.3 is 0 Å². The van der Waals surface area contributed by atoms with Crippen molar-refractivity contribution in [3.63, 3.8) is 0 Å². The summed E-state index contributed by atoms with van der Waals surface area (Å²) < 4.78 is 0.952. The van der Waals surface area contributed by atoms with Crippen LogP contribution < -0.4 is 5.32 Å². The Morgan fingerprint density at radius 3 is 2.48 bits per heavy atom. The van der Waals surface area contributed by atoms with Crippen molar-refractivity contribution < 1.29 is 0 Å². The number of aryl methyl sites for hydroxylation is 1. The molecule has 21 heavy (non-hydrogen) atoms. The van der Waals surface area contributed by atoms with E-state index < -0.39 is 0 Å². The van der Waals surface area contributed by atoms with Gasteiger partial charge in [0, 0.05) is 17.5 Å². The highest BCUT2D eigenvalue weighted by atomic mass is 79.9. The second kappa shape index (κ2) is 6.14. The fourth-order valence-electron chi connectivity index (χ4n) is 2.14. The van der Waals surface area contributed by atoms with E-state index in [2.05, 4.69) is 79.0 Å². The molecule has 0 fully saturated rings. The summed E-state index contributed by atoms with van der Waals surface area (Å²) in [6, 6.07) is 8.29. The van der Waals surface area contributed by atoms with E-state index in [0.29, 0.717) is 0 Å². The van der Waals surface area contributed by atoms with Gasteiger partial charge in [-0.3, -0.25) is 0 Å². The molecular weight excluding hydrogens is 326 g/mol. The molecule has 112 valence electrons. The van der Waals surface area contributed by atoms with Crippen molar-refractivity contribution in [1.82, 2.24) is 9.97 Å². The van der Waals surface area contributed by atoms with Crippen LogP contribution in [0.3, 0.4) is 0 Å². The van der Waals surface area contributed by atoms with Gasteiger partial charge in [-0.25, -0.2) is 9.97 Å². The van der Waals surface area contributed by atoms with Crippen molar-refractivity contribution in [1.29, 1.82) is 0 Å². The van der Waals surface area contributed by atoms with Gasteiger partial charge < -0.3 is 5.32 Å². The summed E-state index contributed by atoms with van der Waals surface area (Å²) >= 11 is 3.65. The number of nitrogens with one attached hydrogen (secondary N) is 1. The molecule has 0 aliphatic carbocycles. The van der Waals surface area contributed by atoms with Gasteiger partial charge in [-0.1, -0.05) is 44.5 Å². The first-order valence-corrected chi connectivity index (χ1v) is 8.01. The lowest BCUT2D eigenvalue weighted by Gasteiger charge is -2.22. The molecule has 0 amide bonds. The molecule has 3 nitrogen and oxygen atoms in total. The summed E-state index contributed by atoms with van der Waals surface area (Å²) in [7, 11) is 0. The zero-order valence-electron chi connectivity index (χ0n) is 13.3. The quantitative estimate of drug-likeness (QED) is 0.853. The second-order valence-electron chi connectivity index (χ2n) is 6.21. The fourth-order valence-corrected chi connectivity index (χ4v) is 3.05. The van der Waals surface area contributed by atoms with E-state index in [4.69, 9.17) is 4.98 Å². The fraction of sp³-hybridized carbons (Fsp3) is 0.412. The summed E-state index contributed by atoms with van der Waals surface area (Å²) in [5.74, 6) is 1.62. The van der Waals surface area contributed by atoms with Gasteiger partial charge in [-0.2, -0.15) is 0 Å². The molecular formula is C17H22BrN3. The molecule has 1 N–H and O–H groups in total. The molecule has 0 aliphatic rings. The first-order valence-electron chi connectivity index (χ1n) is 7.22. The molecule has 0 saturated carbocycles. The van der Waals surface area contributed by atoms with Gasteiger partial charge in [0.2, 0.25) is 0 Å². The van der Waals surface area contributed by atoms with Gasteiger partial charge in [0.15, 0.2) is 5.82 Å². The first kappa shape index (κ1) is 16.0. The molecule has 1 heterocycles. The number of anilines is 1. The third-order valence-corrected chi connectivity index (χ3v) is 3.93. The topological polar surface area (TPSA) is 37.8 Å². The largest absolute Gasteiger partial charge is 0.369 e. The van der Waals surface area contributed by atoms with Gasteiger partial charge in [0.25, 0.3) is 0 Å². The third-order valence-electron chi connectivity index (χ3n) is 3.18. The Morgan fingerprint density at radius 2 is 1.90 bits per heavy atom. The highest BCUT2D eigenvalue weighted by molar-refractivity contribution is 9.10. The molecule has 1 aromatic carbocycles. The molecule has 1 aromatic heterocycles. The summed E-state index contributed by atoms with van der Waals surface area (Å²) in [5, 5.41) is 3.32. The zero-order valence-corrected chi connectivity index (χ0v) is 14.9. The number of rotatable bonds is 3. The molecule has 2 aromatic rings. The maximum atomic E-state index is 4.80. The second-order valence-corrected chi connectivity index (χ2v) is 7.00. The third kappa shape index (κ3) is 3.62. The van der Waals surface area contributed by atoms with Crippen molar-refractivity contribution in [2.75, 3.05) is 11.9 Å². The smallest absolute Gasteiger partial charge is 0.161 e. The number of nitrogens with zero attached hydrogens (tertiary/aromatic N) is 2. The van der Waals surface area contributed by atoms with Crippen LogP contribution in [0.25, 0.3) is 11.4 Å². The number of benzene rings is 1. The lowest BCUT2D eigenvalue weighted by Crippen LogP contribution is -2.17. The minimum absolute atomic E-state index is 0.0511. The minimum atomic E-state index is -0.0511. The van der Waals surface area contributed by atoms with Crippen LogP contribution in [0.1, 0.15) is 39.0 Å². The average Bonchev–Trinajstić information content (AvgIpc) is 2.40. The van der Waals surface area contributed by atoms with Crippen molar-refractivity contribution in [2.45, 2.75) is 40.0 Å². The van der Waals surface area contributed by atoms with Gasteiger partial charge in [0.05, 0.1) is 10.2 Å². The molecule has 2 rings (SSSR count). The minimum Gasteiger partial charge on any atom is -0.369 e. The summed E-state index contributed by atoms with van der Waals surface area (Å²) in [6.07, 6.45) is 0. The molecule has 0 atom stereocenters. The van der Waals surface area contributed by atoms with Gasteiger partial charge in [-0.05, 0) is 35.8 Å². The Bertz CT molecular complexity index is 645.